The first-order chi connectivity index (χ1) is 14.6. The molecule has 0 radical (unpaired) electrons. The van der Waals surface area contributed by atoms with Crippen LogP contribution in [0.25, 0.3) is 10.8 Å². The number of benzene rings is 3. The fourth-order valence-corrected chi connectivity index (χ4v) is 2.86. The van der Waals surface area contributed by atoms with Crippen molar-refractivity contribution in [3.05, 3.63) is 72.3 Å². The van der Waals surface area contributed by atoms with Gasteiger partial charge >= 0.3 is 0 Å². The number of carbonyl (C=O) groups excluding carboxylic acids is 3. The molecule has 0 atom stereocenters. The van der Waals surface area contributed by atoms with Crippen LogP contribution in [0.15, 0.2) is 66.7 Å². The van der Waals surface area contributed by atoms with Crippen LogP contribution in [0, 0.1) is 0 Å². The summed E-state index contributed by atoms with van der Waals surface area (Å²) in [5.41, 5.74) is 5.63. The van der Waals surface area contributed by atoms with E-state index < -0.39 is 11.8 Å². The fourth-order valence-electron chi connectivity index (χ4n) is 2.86. The molecule has 0 saturated heterocycles. The normalized spacial score (nSPS) is 10.3. The number of hydrogen-bond acceptors (Lipinski definition) is 4. The van der Waals surface area contributed by atoms with Gasteiger partial charge in [-0.05, 0) is 42.1 Å². The van der Waals surface area contributed by atoms with Crippen molar-refractivity contribution in [1.82, 2.24) is 10.9 Å². The van der Waals surface area contributed by atoms with E-state index in [1.807, 2.05) is 43.3 Å². The van der Waals surface area contributed by atoms with Gasteiger partial charge in [0.1, 0.15) is 5.75 Å². The van der Waals surface area contributed by atoms with Gasteiger partial charge in [0.25, 0.3) is 11.8 Å². The van der Waals surface area contributed by atoms with Gasteiger partial charge in [-0.2, -0.15) is 0 Å². The molecular formula is C23H23N3O4. The summed E-state index contributed by atoms with van der Waals surface area (Å²) in [6, 6.07) is 19.7. The largest absolute Gasteiger partial charge is 0.483 e. The van der Waals surface area contributed by atoms with Crippen LogP contribution in [0.4, 0.5) is 5.69 Å². The van der Waals surface area contributed by atoms with Crippen LogP contribution >= 0.6 is 0 Å². The maximum Gasteiger partial charge on any atom is 0.276 e. The van der Waals surface area contributed by atoms with Gasteiger partial charge in [0.05, 0.1) is 0 Å². The molecular weight excluding hydrogens is 382 g/mol. The number of amides is 3. The second-order valence-corrected chi connectivity index (χ2v) is 6.64. The lowest BCUT2D eigenvalue weighted by Gasteiger charge is -2.11. The van der Waals surface area contributed by atoms with Crippen molar-refractivity contribution in [2.24, 2.45) is 0 Å². The van der Waals surface area contributed by atoms with Gasteiger partial charge in [-0.1, -0.05) is 43.3 Å². The minimum atomic E-state index is -0.486. The Balaban J connectivity index is 1.48. The molecule has 7 nitrogen and oxygen atoms in total. The standard InChI is InChI=1S/C23H23N3O4/c1-2-6-21(27)24-18-13-11-17(12-14-18)23(29)26-25-22(28)15-30-20-10-5-8-16-7-3-4-9-19(16)20/h3-5,7-14H,2,6,15H2,1H3,(H,24,27)(H,25,28)(H,26,29). The predicted octanol–water partition coefficient (Wildman–Crippen LogP) is 3.42. The summed E-state index contributed by atoms with van der Waals surface area (Å²) in [7, 11) is 0. The van der Waals surface area contributed by atoms with E-state index in [4.69, 9.17) is 4.74 Å². The molecule has 0 bridgehead atoms. The van der Waals surface area contributed by atoms with Crippen molar-refractivity contribution in [2.45, 2.75) is 19.8 Å². The Kier molecular flexibility index (Phi) is 7.00. The van der Waals surface area contributed by atoms with E-state index in [1.54, 1.807) is 30.3 Å². The topological polar surface area (TPSA) is 96.5 Å². The Morgan fingerprint density at radius 3 is 2.33 bits per heavy atom. The van der Waals surface area contributed by atoms with Crippen molar-refractivity contribution in [3.63, 3.8) is 0 Å². The van der Waals surface area contributed by atoms with E-state index in [0.717, 1.165) is 17.2 Å². The van der Waals surface area contributed by atoms with Gasteiger partial charge in [0.15, 0.2) is 6.61 Å². The number of hydrogen-bond donors (Lipinski definition) is 3. The van der Waals surface area contributed by atoms with Crippen molar-refractivity contribution in [3.8, 4) is 5.75 Å². The SMILES string of the molecule is CCCC(=O)Nc1ccc(C(=O)NNC(=O)COc2cccc3ccccc23)cc1. The first-order valence-corrected chi connectivity index (χ1v) is 9.66. The number of fused-ring (bicyclic) bond motifs is 1. The molecule has 3 N–H and O–H groups in total. The number of nitrogens with one attached hydrogen (secondary N) is 3. The van der Waals surface area contributed by atoms with Crippen LogP contribution in [0.5, 0.6) is 5.75 Å². The summed E-state index contributed by atoms with van der Waals surface area (Å²) >= 11 is 0. The van der Waals surface area contributed by atoms with Crippen LogP contribution in [-0.4, -0.2) is 24.3 Å². The van der Waals surface area contributed by atoms with Crippen molar-refractivity contribution in [1.29, 1.82) is 0 Å². The zero-order valence-electron chi connectivity index (χ0n) is 16.6. The summed E-state index contributed by atoms with van der Waals surface area (Å²) in [6.07, 6.45) is 1.20. The highest BCUT2D eigenvalue weighted by Crippen LogP contribution is 2.24. The summed E-state index contributed by atoms with van der Waals surface area (Å²) in [4.78, 5) is 35.8. The molecule has 0 saturated carbocycles. The fraction of sp³-hybridized carbons (Fsp3) is 0.174. The maximum atomic E-state index is 12.2. The Labute approximate surface area is 174 Å². The lowest BCUT2D eigenvalue weighted by molar-refractivity contribution is -0.123. The molecule has 0 unspecified atom stereocenters. The smallest absolute Gasteiger partial charge is 0.276 e. The van der Waals surface area contributed by atoms with Gasteiger partial charge < -0.3 is 10.1 Å². The molecule has 3 amide bonds. The number of hydrazine groups is 1. The lowest BCUT2D eigenvalue weighted by atomic mass is 10.1. The minimum absolute atomic E-state index is 0.0758. The highest BCUT2D eigenvalue weighted by molar-refractivity contribution is 5.97. The monoisotopic (exact) mass is 405 g/mol. The average molecular weight is 405 g/mol. The predicted molar refractivity (Wildman–Crippen MR) is 115 cm³/mol. The molecule has 0 aromatic heterocycles. The summed E-state index contributed by atoms with van der Waals surface area (Å²) in [5.74, 6) is -0.442. The van der Waals surface area contributed by atoms with Crippen LogP contribution in [0.2, 0.25) is 0 Å². The second kappa shape index (κ2) is 10.1. The summed E-state index contributed by atoms with van der Waals surface area (Å²) < 4.78 is 5.59. The van der Waals surface area contributed by atoms with Crippen LogP contribution in [0.1, 0.15) is 30.1 Å². The number of rotatable bonds is 7. The van der Waals surface area contributed by atoms with Gasteiger partial charge in [-0.15, -0.1) is 0 Å². The molecule has 0 aliphatic heterocycles. The van der Waals surface area contributed by atoms with Crippen molar-refractivity contribution < 1.29 is 19.1 Å². The molecule has 0 spiro atoms. The number of carbonyl (C=O) groups is 3. The molecule has 3 rings (SSSR count). The molecule has 30 heavy (non-hydrogen) atoms. The van der Waals surface area contributed by atoms with E-state index in [0.29, 0.717) is 23.4 Å². The Bertz CT molecular complexity index is 1040. The van der Waals surface area contributed by atoms with Gasteiger partial charge in [0, 0.05) is 23.1 Å². The Morgan fingerprint density at radius 2 is 1.57 bits per heavy atom. The van der Waals surface area contributed by atoms with Crippen molar-refractivity contribution in [2.75, 3.05) is 11.9 Å². The van der Waals surface area contributed by atoms with E-state index in [2.05, 4.69) is 16.2 Å². The molecule has 0 heterocycles. The van der Waals surface area contributed by atoms with E-state index >= 15 is 0 Å². The summed E-state index contributed by atoms with van der Waals surface area (Å²) in [6.45, 7) is 1.69. The Hall–Kier alpha value is -3.87. The Morgan fingerprint density at radius 1 is 0.833 bits per heavy atom. The van der Waals surface area contributed by atoms with E-state index in [9.17, 15) is 14.4 Å². The third-order valence-electron chi connectivity index (χ3n) is 4.33. The average Bonchev–Trinajstić information content (AvgIpc) is 2.76. The molecule has 3 aromatic rings. The van der Waals surface area contributed by atoms with Crippen LogP contribution in [-0.2, 0) is 9.59 Å². The second-order valence-electron chi connectivity index (χ2n) is 6.64. The highest BCUT2D eigenvalue weighted by Gasteiger charge is 2.10. The lowest BCUT2D eigenvalue weighted by Crippen LogP contribution is -2.43. The molecule has 3 aromatic carbocycles. The van der Waals surface area contributed by atoms with E-state index in [1.165, 1.54) is 0 Å². The molecule has 154 valence electrons. The van der Waals surface area contributed by atoms with Gasteiger partial charge in [-0.25, -0.2) is 0 Å². The molecule has 7 heteroatoms. The quantitative estimate of drug-likeness (QED) is 0.525. The number of ether oxygens (including phenoxy) is 1. The van der Waals surface area contributed by atoms with Gasteiger partial charge in [-0.3, -0.25) is 25.2 Å². The third kappa shape index (κ3) is 5.57. The van der Waals surface area contributed by atoms with Crippen LogP contribution < -0.4 is 20.9 Å². The van der Waals surface area contributed by atoms with Gasteiger partial charge in [0.2, 0.25) is 5.91 Å². The van der Waals surface area contributed by atoms with E-state index in [-0.39, 0.29) is 12.5 Å². The number of anilines is 1. The third-order valence-corrected chi connectivity index (χ3v) is 4.33. The van der Waals surface area contributed by atoms with Crippen molar-refractivity contribution >= 4 is 34.2 Å². The summed E-state index contributed by atoms with van der Waals surface area (Å²) in [5, 5.41) is 4.66. The highest BCUT2D eigenvalue weighted by atomic mass is 16.5. The molecule has 0 fully saturated rings. The molecule has 0 aliphatic rings. The minimum Gasteiger partial charge on any atom is -0.483 e. The first-order valence-electron chi connectivity index (χ1n) is 9.66. The maximum absolute atomic E-state index is 12.2. The zero-order valence-corrected chi connectivity index (χ0v) is 16.6. The molecule has 0 aliphatic carbocycles. The first kappa shape index (κ1) is 20.9. The van der Waals surface area contributed by atoms with Crippen LogP contribution in [0.3, 0.4) is 0 Å². The zero-order chi connectivity index (χ0) is 21.3.